The molecule has 0 unspecified atom stereocenters. The lowest BCUT2D eigenvalue weighted by Gasteiger charge is -2.26. The van der Waals surface area contributed by atoms with Crippen molar-refractivity contribution >= 4 is 17.4 Å². The van der Waals surface area contributed by atoms with Gasteiger partial charge in [-0.05, 0) is 63.8 Å². The number of nitrogens with zero attached hydrogens (tertiary/aromatic N) is 3. The van der Waals surface area contributed by atoms with Crippen LogP contribution in [0.3, 0.4) is 0 Å². The van der Waals surface area contributed by atoms with E-state index < -0.39 is 17.7 Å². The van der Waals surface area contributed by atoms with Crippen molar-refractivity contribution in [2.24, 2.45) is 0 Å². The van der Waals surface area contributed by atoms with E-state index in [2.05, 4.69) is 4.98 Å². The molecule has 0 bridgehead atoms. The summed E-state index contributed by atoms with van der Waals surface area (Å²) >= 11 is 0. The van der Waals surface area contributed by atoms with Crippen LogP contribution in [0.25, 0.3) is 5.76 Å². The molecule has 1 atom stereocenters. The third-order valence-corrected chi connectivity index (χ3v) is 4.83. The van der Waals surface area contributed by atoms with Gasteiger partial charge in [-0.3, -0.25) is 14.6 Å². The molecule has 1 aliphatic heterocycles. The van der Waals surface area contributed by atoms with E-state index in [0.717, 1.165) is 0 Å². The monoisotopic (exact) mass is 409 g/mol. The van der Waals surface area contributed by atoms with Crippen LogP contribution in [0.15, 0.2) is 54.4 Å². The lowest BCUT2D eigenvalue weighted by molar-refractivity contribution is -0.140. The largest absolute Gasteiger partial charge is 0.507 e. The van der Waals surface area contributed by atoms with E-state index in [1.807, 2.05) is 32.8 Å². The molecule has 2 aromatic rings. The number of aliphatic hydroxyl groups is 1. The Morgan fingerprint density at radius 1 is 1.20 bits per heavy atom. The zero-order valence-electron chi connectivity index (χ0n) is 17.7. The first-order valence-electron chi connectivity index (χ1n) is 9.89. The highest BCUT2D eigenvalue weighted by atomic mass is 16.5. The SMILES string of the molecule is CC(C)Oc1ccc(/C(O)=C2\C(=O)C(=O)N(CCN(C)C)[C@@H]2c2cccnc2)cc1. The molecule has 7 heteroatoms. The maximum absolute atomic E-state index is 12.9. The minimum absolute atomic E-state index is 0.0250. The normalized spacial score (nSPS) is 18.5. The van der Waals surface area contributed by atoms with Gasteiger partial charge in [-0.15, -0.1) is 0 Å². The average Bonchev–Trinajstić information content (AvgIpc) is 2.97. The minimum atomic E-state index is -0.692. The highest BCUT2D eigenvalue weighted by Gasteiger charge is 2.45. The van der Waals surface area contributed by atoms with Crippen molar-refractivity contribution in [2.75, 3.05) is 27.2 Å². The van der Waals surface area contributed by atoms with Crippen LogP contribution in [0.2, 0.25) is 0 Å². The molecule has 1 aliphatic rings. The Hall–Kier alpha value is -3.19. The van der Waals surface area contributed by atoms with E-state index in [-0.39, 0.29) is 17.4 Å². The van der Waals surface area contributed by atoms with Gasteiger partial charge in [0.15, 0.2) is 0 Å². The maximum atomic E-state index is 12.9. The number of hydrogen-bond donors (Lipinski definition) is 1. The smallest absolute Gasteiger partial charge is 0.295 e. The Balaban J connectivity index is 2.05. The Bertz CT molecular complexity index is 937. The summed E-state index contributed by atoms with van der Waals surface area (Å²) in [5.74, 6) is -0.850. The topological polar surface area (TPSA) is 83.0 Å². The van der Waals surface area contributed by atoms with Crippen molar-refractivity contribution in [3.63, 3.8) is 0 Å². The number of carbonyl (C=O) groups is 2. The second kappa shape index (κ2) is 9.09. The number of likely N-dealkylation sites (N-methyl/N-ethyl adjacent to an activating group) is 1. The van der Waals surface area contributed by atoms with Gasteiger partial charge in [0.1, 0.15) is 11.5 Å². The number of aromatic nitrogens is 1. The number of hydrogen-bond acceptors (Lipinski definition) is 6. The first-order valence-corrected chi connectivity index (χ1v) is 9.89. The van der Waals surface area contributed by atoms with Crippen molar-refractivity contribution in [3.8, 4) is 5.75 Å². The van der Waals surface area contributed by atoms with E-state index in [4.69, 9.17) is 4.74 Å². The number of rotatable bonds is 7. The van der Waals surface area contributed by atoms with E-state index in [1.54, 1.807) is 48.8 Å². The molecule has 158 valence electrons. The molecule has 1 saturated heterocycles. The van der Waals surface area contributed by atoms with Gasteiger partial charge in [0.2, 0.25) is 0 Å². The van der Waals surface area contributed by atoms with E-state index in [9.17, 15) is 14.7 Å². The van der Waals surface area contributed by atoms with Gasteiger partial charge in [-0.25, -0.2) is 0 Å². The first kappa shape index (κ1) is 21.5. The summed E-state index contributed by atoms with van der Waals surface area (Å²) in [6.45, 7) is 4.80. The second-order valence-corrected chi connectivity index (χ2v) is 7.77. The molecule has 1 fully saturated rings. The van der Waals surface area contributed by atoms with Gasteiger partial charge in [-0.1, -0.05) is 6.07 Å². The standard InChI is InChI=1S/C23H27N3O4/c1-15(2)30-18-9-7-16(8-10-18)21(27)19-20(17-6-5-11-24-14-17)26(13-12-25(3)4)23(29)22(19)28/h5-11,14-15,20,27H,12-13H2,1-4H3/b21-19+/t20-/m1/s1. The lowest BCUT2D eigenvalue weighted by atomic mass is 9.96. The molecule has 7 nitrogen and oxygen atoms in total. The Kier molecular flexibility index (Phi) is 6.52. The quantitative estimate of drug-likeness (QED) is 0.430. The Morgan fingerprint density at radius 2 is 1.90 bits per heavy atom. The molecule has 2 heterocycles. The molecule has 1 N–H and O–H groups in total. The summed E-state index contributed by atoms with van der Waals surface area (Å²) < 4.78 is 5.63. The number of pyridine rings is 1. The summed E-state index contributed by atoms with van der Waals surface area (Å²) in [5.41, 5.74) is 1.20. The fourth-order valence-corrected chi connectivity index (χ4v) is 3.42. The van der Waals surface area contributed by atoms with Crippen molar-refractivity contribution in [3.05, 3.63) is 65.5 Å². The van der Waals surface area contributed by atoms with E-state index >= 15 is 0 Å². The first-order chi connectivity index (χ1) is 14.3. The molecule has 0 aliphatic carbocycles. The predicted octanol–water partition coefficient (Wildman–Crippen LogP) is 2.85. The minimum Gasteiger partial charge on any atom is -0.507 e. The second-order valence-electron chi connectivity index (χ2n) is 7.77. The summed E-state index contributed by atoms with van der Waals surface area (Å²) in [4.78, 5) is 33.3. The number of Topliss-reactive ketones (excluding diaryl/α,β-unsaturated/α-hetero) is 1. The predicted molar refractivity (Wildman–Crippen MR) is 114 cm³/mol. The number of amides is 1. The zero-order chi connectivity index (χ0) is 21.8. The summed E-state index contributed by atoms with van der Waals surface area (Å²) in [7, 11) is 3.80. The molecule has 3 rings (SSSR count). The van der Waals surface area contributed by atoms with Gasteiger partial charge in [0.25, 0.3) is 11.7 Å². The van der Waals surface area contributed by atoms with E-state index in [0.29, 0.717) is 30.0 Å². The number of likely N-dealkylation sites (tertiary alicyclic amines) is 1. The van der Waals surface area contributed by atoms with Crippen molar-refractivity contribution in [1.29, 1.82) is 0 Å². The van der Waals surface area contributed by atoms with Gasteiger partial charge in [0, 0.05) is 31.0 Å². The maximum Gasteiger partial charge on any atom is 0.295 e. The highest BCUT2D eigenvalue weighted by molar-refractivity contribution is 6.46. The fourth-order valence-electron chi connectivity index (χ4n) is 3.42. The highest BCUT2D eigenvalue weighted by Crippen LogP contribution is 2.39. The summed E-state index contributed by atoms with van der Waals surface area (Å²) in [5, 5.41) is 11.0. The van der Waals surface area contributed by atoms with Gasteiger partial charge >= 0.3 is 0 Å². The zero-order valence-corrected chi connectivity index (χ0v) is 17.7. The molecule has 1 aromatic carbocycles. The Labute approximate surface area is 176 Å². The van der Waals surface area contributed by atoms with Crippen molar-refractivity contribution in [2.45, 2.75) is 26.0 Å². The summed E-state index contributed by atoms with van der Waals surface area (Å²) in [6, 6.07) is 9.69. The lowest BCUT2D eigenvalue weighted by Crippen LogP contribution is -2.35. The van der Waals surface area contributed by atoms with E-state index in [1.165, 1.54) is 4.90 Å². The molecule has 0 radical (unpaired) electrons. The van der Waals surface area contributed by atoms with Gasteiger partial charge in [-0.2, -0.15) is 0 Å². The van der Waals surface area contributed by atoms with Crippen molar-refractivity contribution in [1.82, 2.24) is 14.8 Å². The van der Waals surface area contributed by atoms with Crippen LogP contribution in [0.4, 0.5) is 0 Å². The van der Waals surface area contributed by atoms with Crippen molar-refractivity contribution < 1.29 is 19.4 Å². The molecular formula is C23H27N3O4. The van der Waals surface area contributed by atoms with Crippen LogP contribution in [-0.2, 0) is 9.59 Å². The number of carbonyl (C=O) groups excluding carboxylic acids is 2. The third kappa shape index (κ3) is 4.52. The van der Waals surface area contributed by atoms with Crippen LogP contribution in [0.1, 0.15) is 31.0 Å². The molecular weight excluding hydrogens is 382 g/mol. The van der Waals surface area contributed by atoms with Crippen LogP contribution < -0.4 is 4.74 Å². The molecule has 1 aromatic heterocycles. The number of benzene rings is 1. The molecule has 1 amide bonds. The van der Waals surface area contributed by atoms with Crippen LogP contribution in [-0.4, -0.2) is 64.9 Å². The number of aliphatic hydroxyl groups excluding tert-OH is 1. The molecule has 0 saturated carbocycles. The number of ether oxygens (including phenoxy) is 1. The molecule has 0 spiro atoms. The third-order valence-electron chi connectivity index (χ3n) is 4.83. The number of ketones is 1. The molecule has 30 heavy (non-hydrogen) atoms. The van der Waals surface area contributed by atoms with Crippen LogP contribution in [0, 0.1) is 0 Å². The fraction of sp³-hybridized carbons (Fsp3) is 0.348. The van der Waals surface area contributed by atoms with Gasteiger partial charge in [0.05, 0.1) is 17.7 Å². The van der Waals surface area contributed by atoms with Crippen LogP contribution in [0.5, 0.6) is 5.75 Å². The van der Waals surface area contributed by atoms with Crippen LogP contribution >= 0.6 is 0 Å². The average molecular weight is 409 g/mol. The summed E-state index contributed by atoms with van der Waals surface area (Å²) in [6.07, 6.45) is 3.27. The Morgan fingerprint density at radius 3 is 2.47 bits per heavy atom. The van der Waals surface area contributed by atoms with Gasteiger partial charge < -0.3 is 19.6 Å².